The van der Waals surface area contributed by atoms with E-state index in [1.807, 2.05) is 0 Å². The summed E-state index contributed by atoms with van der Waals surface area (Å²) in [5.74, 6) is 0.126. The summed E-state index contributed by atoms with van der Waals surface area (Å²) in [6, 6.07) is 6.42. The van der Waals surface area contributed by atoms with Gasteiger partial charge in [0, 0.05) is 7.05 Å². The van der Waals surface area contributed by atoms with Gasteiger partial charge in [0.05, 0.1) is 29.3 Å². The molecule has 0 saturated carbocycles. The first-order valence-electron chi connectivity index (χ1n) is 6.72. The minimum atomic E-state index is -0.482. The molecule has 1 aromatic heterocycles. The number of hydrogen-bond acceptors (Lipinski definition) is 4. The SMILES string of the molecule is COC(=O)c1cc(CN(C)C(=O)c2cccc(Cl)c2Cl)oc1C. The molecule has 0 fully saturated rings. The Balaban J connectivity index is 2.19. The molecule has 0 aliphatic heterocycles. The van der Waals surface area contributed by atoms with Crippen LogP contribution in [-0.2, 0) is 11.3 Å². The molecule has 1 amide bonds. The number of benzene rings is 1. The number of hydrogen-bond donors (Lipinski definition) is 0. The lowest BCUT2D eigenvalue weighted by Gasteiger charge is -2.16. The Morgan fingerprint density at radius 2 is 1.96 bits per heavy atom. The number of aryl methyl sites for hydroxylation is 1. The molecule has 2 rings (SSSR count). The van der Waals surface area contributed by atoms with Crippen LogP contribution in [0, 0.1) is 6.92 Å². The summed E-state index contributed by atoms with van der Waals surface area (Å²) >= 11 is 12.0. The number of carbonyl (C=O) groups excluding carboxylic acids is 2. The van der Waals surface area contributed by atoms with E-state index in [9.17, 15) is 9.59 Å². The predicted molar refractivity (Wildman–Crippen MR) is 87.0 cm³/mol. The Bertz CT molecular complexity index is 755. The molecule has 1 aromatic carbocycles. The summed E-state index contributed by atoms with van der Waals surface area (Å²) in [6.07, 6.45) is 0. The molecular weight excluding hydrogens is 341 g/mol. The zero-order chi connectivity index (χ0) is 17.1. The highest BCUT2D eigenvalue weighted by Gasteiger charge is 2.20. The number of carbonyl (C=O) groups is 2. The Morgan fingerprint density at radius 3 is 2.61 bits per heavy atom. The van der Waals surface area contributed by atoms with Gasteiger partial charge in [-0.2, -0.15) is 0 Å². The fraction of sp³-hybridized carbons (Fsp3) is 0.250. The van der Waals surface area contributed by atoms with E-state index in [1.165, 1.54) is 12.0 Å². The van der Waals surface area contributed by atoms with Crippen LogP contribution in [0.15, 0.2) is 28.7 Å². The zero-order valence-electron chi connectivity index (χ0n) is 12.9. The first-order chi connectivity index (χ1) is 10.8. The summed E-state index contributed by atoms with van der Waals surface area (Å²) in [7, 11) is 2.90. The van der Waals surface area contributed by atoms with Gasteiger partial charge >= 0.3 is 5.97 Å². The number of esters is 1. The van der Waals surface area contributed by atoms with Gasteiger partial charge in [0.2, 0.25) is 0 Å². The third-order valence-electron chi connectivity index (χ3n) is 3.30. The third-order valence-corrected chi connectivity index (χ3v) is 4.11. The van der Waals surface area contributed by atoms with Crippen molar-refractivity contribution in [1.82, 2.24) is 4.90 Å². The lowest BCUT2D eigenvalue weighted by molar-refractivity contribution is 0.0598. The van der Waals surface area contributed by atoms with Crippen molar-refractivity contribution in [2.75, 3.05) is 14.2 Å². The summed E-state index contributed by atoms with van der Waals surface area (Å²) in [4.78, 5) is 25.5. The largest absolute Gasteiger partial charge is 0.465 e. The van der Waals surface area contributed by atoms with E-state index in [2.05, 4.69) is 4.74 Å². The molecule has 7 heteroatoms. The first-order valence-corrected chi connectivity index (χ1v) is 7.47. The second kappa shape index (κ2) is 7.06. The predicted octanol–water partition coefficient (Wildman–Crippen LogP) is 3.95. The van der Waals surface area contributed by atoms with Gasteiger partial charge in [-0.3, -0.25) is 4.79 Å². The minimum absolute atomic E-state index is 0.180. The van der Waals surface area contributed by atoms with E-state index in [1.54, 1.807) is 38.2 Å². The van der Waals surface area contributed by atoms with Crippen LogP contribution in [0.3, 0.4) is 0 Å². The van der Waals surface area contributed by atoms with Crippen LogP contribution < -0.4 is 0 Å². The monoisotopic (exact) mass is 355 g/mol. The number of furan rings is 1. The van der Waals surface area contributed by atoms with Gasteiger partial charge in [-0.05, 0) is 25.1 Å². The average molecular weight is 356 g/mol. The number of ether oxygens (including phenoxy) is 1. The molecule has 0 spiro atoms. The average Bonchev–Trinajstić information content (AvgIpc) is 2.89. The summed E-state index contributed by atoms with van der Waals surface area (Å²) in [5, 5.41) is 0.518. The molecule has 0 unspecified atom stereocenters. The Labute approximate surface area is 143 Å². The fourth-order valence-corrected chi connectivity index (χ4v) is 2.50. The molecule has 122 valence electrons. The summed E-state index contributed by atoms with van der Waals surface area (Å²) in [5.41, 5.74) is 0.641. The van der Waals surface area contributed by atoms with Gasteiger partial charge in [-0.25, -0.2) is 4.79 Å². The molecule has 0 saturated heterocycles. The topological polar surface area (TPSA) is 59.8 Å². The van der Waals surface area contributed by atoms with E-state index < -0.39 is 5.97 Å². The van der Waals surface area contributed by atoms with Crippen molar-refractivity contribution in [2.45, 2.75) is 13.5 Å². The number of methoxy groups -OCH3 is 1. The van der Waals surface area contributed by atoms with Crippen LogP contribution in [0.2, 0.25) is 10.0 Å². The lowest BCUT2D eigenvalue weighted by atomic mass is 10.2. The van der Waals surface area contributed by atoms with Gasteiger partial charge < -0.3 is 14.1 Å². The Hall–Kier alpha value is -1.98. The highest BCUT2D eigenvalue weighted by atomic mass is 35.5. The number of nitrogens with zero attached hydrogens (tertiary/aromatic N) is 1. The molecule has 5 nitrogen and oxygen atoms in total. The van der Waals surface area contributed by atoms with Crippen molar-refractivity contribution in [3.63, 3.8) is 0 Å². The first kappa shape index (κ1) is 17.4. The van der Waals surface area contributed by atoms with Crippen molar-refractivity contribution in [3.05, 3.63) is 57.0 Å². The van der Waals surface area contributed by atoms with E-state index in [0.717, 1.165) is 0 Å². The molecule has 0 radical (unpaired) electrons. The highest BCUT2D eigenvalue weighted by Crippen LogP contribution is 2.27. The maximum absolute atomic E-state index is 12.5. The van der Waals surface area contributed by atoms with Crippen molar-refractivity contribution in [2.24, 2.45) is 0 Å². The standard InChI is InChI=1S/C16H15Cl2NO4/c1-9-12(16(21)22-3)7-10(23-9)8-19(2)15(20)11-5-4-6-13(17)14(11)18/h4-7H,8H2,1-3H3. The van der Waals surface area contributed by atoms with Crippen molar-refractivity contribution < 1.29 is 18.7 Å². The van der Waals surface area contributed by atoms with E-state index in [0.29, 0.717) is 27.7 Å². The second-order valence-electron chi connectivity index (χ2n) is 4.94. The molecule has 0 aliphatic carbocycles. The van der Waals surface area contributed by atoms with Gasteiger partial charge in [0.1, 0.15) is 17.1 Å². The van der Waals surface area contributed by atoms with Gasteiger partial charge in [-0.15, -0.1) is 0 Å². The Kier molecular flexibility index (Phi) is 5.34. The highest BCUT2D eigenvalue weighted by molar-refractivity contribution is 6.43. The Morgan fingerprint density at radius 1 is 1.26 bits per heavy atom. The smallest absolute Gasteiger partial charge is 0.341 e. The number of amides is 1. The number of rotatable bonds is 4. The molecule has 0 N–H and O–H groups in total. The van der Waals surface area contributed by atoms with Gasteiger partial charge in [0.25, 0.3) is 5.91 Å². The van der Waals surface area contributed by atoms with E-state index >= 15 is 0 Å². The van der Waals surface area contributed by atoms with Gasteiger partial charge in [-0.1, -0.05) is 29.3 Å². The van der Waals surface area contributed by atoms with Crippen LogP contribution in [-0.4, -0.2) is 30.9 Å². The quantitative estimate of drug-likeness (QED) is 0.779. The molecular formula is C16H15Cl2NO4. The number of halogens is 2. The van der Waals surface area contributed by atoms with E-state index in [-0.39, 0.29) is 17.5 Å². The molecule has 0 atom stereocenters. The van der Waals surface area contributed by atoms with E-state index in [4.69, 9.17) is 27.6 Å². The summed E-state index contributed by atoms with van der Waals surface area (Å²) < 4.78 is 10.2. The lowest BCUT2D eigenvalue weighted by Crippen LogP contribution is -2.26. The maximum Gasteiger partial charge on any atom is 0.341 e. The molecule has 1 heterocycles. The van der Waals surface area contributed by atoms with Crippen LogP contribution in [0.1, 0.15) is 32.2 Å². The van der Waals surface area contributed by atoms with Crippen LogP contribution in [0.4, 0.5) is 0 Å². The van der Waals surface area contributed by atoms with Gasteiger partial charge in [0.15, 0.2) is 0 Å². The second-order valence-corrected chi connectivity index (χ2v) is 5.72. The van der Waals surface area contributed by atoms with Crippen LogP contribution in [0.25, 0.3) is 0 Å². The van der Waals surface area contributed by atoms with Crippen LogP contribution >= 0.6 is 23.2 Å². The van der Waals surface area contributed by atoms with Crippen LogP contribution in [0.5, 0.6) is 0 Å². The maximum atomic E-state index is 12.5. The zero-order valence-corrected chi connectivity index (χ0v) is 14.4. The summed E-state index contributed by atoms with van der Waals surface area (Å²) in [6.45, 7) is 1.84. The molecule has 2 aromatic rings. The van der Waals surface area contributed by atoms with Crippen molar-refractivity contribution in [3.8, 4) is 0 Å². The van der Waals surface area contributed by atoms with Crippen molar-refractivity contribution in [1.29, 1.82) is 0 Å². The minimum Gasteiger partial charge on any atom is -0.465 e. The normalized spacial score (nSPS) is 10.5. The molecule has 23 heavy (non-hydrogen) atoms. The molecule has 0 aliphatic rings. The fourth-order valence-electron chi connectivity index (χ4n) is 2.11. The molecule has 0 bridgehead atoms. The van der Waals surface area contributed by atoms with Crippen molar-refractivity contribution >= 4 is 35.1 Å². The third kappa shape index (κ3) is 3.68.